The number of urea groups is 1. The first-order chi connectivity index (χ1) is 11.4. The SMILES string of the molecule is CC(C)(CCN1C[C@@H]2CNCCN2C1=O)C(=O)O.O=C(O)C(F)(F)F. The van der Waals surface area contributed by atoms with Gasteiger partial charge in [0.05, 0.1) is 11.5 Å². The van der Waals surface area contributed by atoms with Gasteiger partial charge in [0.1, 0.15) is 0 Å². The normalized spacial score (nSPS) is 20.7. The Morgan fingerprint density at radius 3 is 2.24 bits per heavy atom. The van der Waals surface area contributed by atoms with Crippen molar-refractivity contribution in [1.82, 2.24) is 15.1 Å². The Balaban J connectivity index is 0.000000381. The Morgan fingerprint density at radius 1 is 1.24 bits per heavy atom. The maximum absolute atomic E-state index is 12.1. The fourth-order valence-corrected chi connectivity index (χ4v) is 2.40. The molecule has 0 spiro atoms. The van der Waals surface area contributed by atoms with Gasteiger partial charge in [0.2, 0.25) is 0 Å². The highest BCUT2D eigenvalue weighted by molar-refractivity contribution is 5.78. The number of rotatable bonds is 4. The summed E-state index contributed by atoms with van der Waals surface area (Å²) in [5.41, 5.74) is -0.776. The summed E-state index contributed by atoms with van der Waals surface area (Å²) in [6, 6.07) is 0.307. The molecule has 8 nitrogen and oxygen atoms in total. The second-order valence-corrected chi connectivity index (χ2v) is 6.52. The molecule has 2 aliphatic heterocycles. The molecule has 144 valence electrons. The third-order valence-corrected chi connectivity index (χ3v) is 4.13. The van der Waals surface area contributed by atoms with E-state index in [0.717, 1.165) is 19.6 Å². The quantitative estimate of drug-likeness (QED) is 0.677. The average Bonchev–Trinajstić information content (AvgIpc) is 2.82. The van der Waals surface area contributed by atoms with Gasteiger partial charge in [0.15, 0.2) is 0 Å². The van der Waals surface area contributed by atoms with Crippen molar-refractivity contribution in [2.75, 3.05) is 32.7 Å². The fourth-order valence-electron chi connectivity index (χ4n) is 2.40. The largest absolute Gasteiger partial charge is 0.490 e. The van der Waals surface area contributed by atoms with Gasteiger partial charge < -0.3 is 25.3 Å². The molecule has 0 aliphatic carbocycles. The molecule has 3 N–H and O–H groups in total. The highest BCUT2D eigenvalue weighted by Gasteiger charge is 2.39. The Labute approximate surface area is 142 Å². The van der Waals surface area contributed by atoms with Gasteiger partial charge in [-0.15, -0.1) is 0 Å². The minimum atomic E-state index is -5.08. The van der Waals surface area contributed by atoms with E-state index >= 15 is 0 Å². The molecule has 25 heavy (non-hydrogen) atoms. The summed E-state index contributed by atoms with van der Waals surface area (Å²) in [4.78, 5) is 35.7. The number of carbonyl (C=O) groups is 3. The van der Waals surface area contributed by atoms with Crippen molar-refractivity contribution >= 4 is 18.0 Å². The van der Waals surface area contributed by atoms with Gasteiger partial charge in [0, 0.05) is 32.7 Å². The summed E-state index contributed by atoms with van der Waals surface area (Å²) < 4.78 is 31.7. The average molecular weight is 369 g/mol. The zero-order chi connectivity index (χ0) is 19.4. The molecule has 2 aliphatic rings. The van der Waals surface area contributed by atoms with E-state index in [1.165, 1.54) is 0 Å². The monoisotopic (exact) mass is 369 g/mol. The van der Waals surface area contributed by atoms with Crippen LogP contribution in [0.4, 0.5) is 18.0 Å². The van der Waals surface area contributed by atoms with Gasteiger partial charge in [-0.1, -0.05) is 0 Å². The van der Waals surface area contributed by atoms with Gasteiger partial charge in [0.25, 0.3) is 0 Å². The molecule has 0 bridgehead atoms. The third kappa shape index (κ3) is 5.76. The molecular formula is C14H22F3N3O5. The third-order valence-electron chi connectivity index (χ3n) is 4.13. The van der Waals surface area contributed by atoms with Crippen LogP contribution in [0.25, 0.3) is 0 Å². The van der Waals surface area contributed by atoms with Crippen molar-refractivity contribution in [3.8, 4) is 0 Å². The predicted molar refractivity (Wildman–Crippen MR) is 80.1 cm³/mol. The molecular weight excluding hydrogens is 347 g/mol. The first-order valence-corrected chi connectivity index (χ1v) is 7.66. The minimum Gasteiger partial charge on any atom is -0.481 e. The molecule has 2 saturated heterocycles. The topological polar surface area (TPSA) is 110 Å². The van der Waals surface area contributed by atoms with E-state index in [1.807, 2.05) is 4.90 Å². The number of aliphatic carboxylic acids is 2. The van der Waals surface area contributed by atoms with Crippen molar-refractivity contribution in [2.45, 2.75) is 32.5 Å². The highest BCUT2D eigenvalue weighted by atomic mass is 19.4. The van der Waals surface area contributed by atoms with Crippen LogP contribution in [-0.4, -0.2) is 82.9 Å². The first kappa shape index (κ1) is 21.0. The molecule has 0 aromatic heterocycles. The molecule has 0 saturated carbocycles. The molecule has 0 radical (unpaired) electrons. The van der Waals surface area contributed by atoms with E-state index in [4.69, 9.17) is 15.0 Å². The number of alkyl halides is 3. The fraction of sp³-hybridized carbons (Fsp3) is 0.786. The van der Waals surface area contributed by atoms with Crippen LogP contribution in [0.15, 0.2) is 0 Å². The van der Waals surface area contributed by atoms with Crippen LogP contribution in [0.5, 0.6) is 0 Å². The molecule has 0 unspecified atom stereocenters. The number of halogens is 3. The summed E-state index contributed by atoms with van der Waals surface area (Å²) in [5.74, 6) is -3.57. The van der Waals surface area contributed by atoms with Crippen LogP contribution in [0.1, 0.15) is 20.3 Å². The molecule has 2 fully saturated rings. The number of nitrogens with zero attached hydrogens (tertiary/aromatic N) is 2. The number of piperazine rings is 1. The van der Waals surface area contributed by atoms with Crippen LogP contribution >= 0.6 is 0 Å². The van der Waals surface area contributed by atoms with Crippen molar-refractivity contribution in [1.29, 1.82) is 0 Å². The zero-order valence-corrected chi connectivity index (χ0v) is 14.0. The van der Waals surface area contributed by atoms with E-state index in [2.05, 4.69) is 5.32 Å². The lowest BCUT2D eigenvalue weighted by Crippen LogP contribution is -2.49. The lowest BCUT2D eigenvalue weighted by atomic mass is 9.89. The maximum Gasteiger partial charge on any atom is 0.490 e. The summed E-state index contributed by atoms with van der Waals surface area (Å²) >= 11 is 0. The number of nitrogens with one attached hydrogen (secondary N) is 1. The number of carbonyl (C=O) groups excluding carboxylic acids is 1. The van der Waals surface area contributed by atoms with Crippen molar-refractivity contribution in [3.05, 3.63) is 0 Å². The second kappa shape index (κ2) is 7.89. The number of carboxylic acid groups (broad SMARTS) is 2. The Morgan fingerprint density at radius 2 is 1.80 bits per heavy atom. The maximum atomic E-state index is 12.1. The van der Waals surface area contributed by atoms with Crippen LogP contribution < -0.4 is 5.32 Å². The van der Waals surface area contributed by atoms with Crippen molar-refractivity contribution in [2.24, 2.45) is 5.41 Å². The van der Waals surface area contributed by atoms with E-state index in [1.54, 1.807) is 18.7 Å². The van der Waals surface area contributed by atoms with Crippen LogP contribution in [0.2, 0.25) is 0 Å². The summed E-state index contributed by atoms with van der Waals surface area (Å²) in [7, 11) is 0. The van der Waals surface area contributed by atoms with Gasteiger partial charge >= 0.3 is 24.1 Å². The van der Waals surface area contributed by atoms with Crippen LogP contribution in [-0.2, 0) is 9.59 Å². The summed E-state index contributed by atoms with van der Waals surface area (Å²) in [6.45, 7) is 7.06. The minimum absolute atomic E-state index is 0.0580. The van der Waals surface area contributed by atoms with E-state index in [0.29, 0.717) is 19.5 Å². The molecule has 2 rings (SSSR count). The standard InChI is InChI=1S/C12H21N3O3.C2HF3O2/c1-12(2,10(16)17)3-5-14-8-9-7-13-4-6-15(9)11(14)18;3-2(4,5)1(6)7/h9,13H,3-8H2,1-2H3,(H,16,17);(H,6,7)/t9-;/m0./s1. The van der Waals surface area contributed by atoms with E-state index in [-0.39, 0.29) is 12.1 Å². The van der Waals surface area contributed by atoms with E-state index < -0.39 is 23.5 Å². The van der Waals surface area contributed by atoms with Gasteiger partial charge in [-0.3, -0.25) is 4.79 Å². The van der Waals surface area contributed by atoms with Crippen LogP contribution in [0, 0.1) is 5.41 Å². The Kier molecular flexibility index (Phi) is 6.63. The Bertz CT molecular complexity index is 524. The van der Waals surface area contributed by atoms with Gasteiger partial charge in [-0.25, -0.2) is 9.59 Å². The molecule has 0 aromatic carbocycles. The zero-order valence-electron chi connectivity index (χ0n) is 14.0. The predicted octanol–water partition coefficient (Wildman–Crippen LogP) is 0.830. The number of hydrogen-bond donors (Lipinski definition) is 3. The van der Waals surface area contributed by atoms with Crippen LogP contribution in [0.3, 0.4) is 0 Å². The second-order valence-electron chi connectivity index (χ2n) is 6.52. The summed E-state index contributed by atoms with van der Waals surface area (Å²) in [5, 5.41) is 19.5. The smallest absolute Gasteiger partial charge is 0.481 e. The molecule has 11 heteroatoms. The van der Waals surface area contributed by atoms with Crippen molar-refractivity contribution < 1.29 is 37.8 Å². The first-order valence-electron chi connectivity index (χ1n) is 7.66. The van der Waals surface area contributed by atoms with E-state index in [9.17, 15) is 22.8 Å². The van der Waals surface area contributed by atoms with Gasteiger partial charge in [-0.2, -0.15) is 13.2 Å². The number of fused-ring (bicyclic) bond motifs is 1. The molecule has 1 atom stereocenters. The lowest BCUT2D eigenvalue weighted by Gasteiger charge is -2.28. The Hall–Kier alpha value is -2.04. The highest BCUT2D eigenvalue weighted by Crippen LogP contribution is 2.24. The number of hydrogen-bond acceptors (Lipinski definition) is 4. The summed E-state index contributed by atoms with van der Waals surface area (Å²) in [6.07, 6.45) is -4.60. The van der Waals surface area contributed by atoms with Gasteiger partial charge in [-0.05, 0) is 20.3 Å². The number of amides is 2. The van der Waals surface area contributed by atoms with Crippen molar-refractivity contribution in [3.63, 3.8) is 0 Å². The molecule has 2 amide bonds. The number of carboxylic acids is 2. The lowest BCUT2D eigenvalue weighted by molar-refractivity contribution is -0.192. The molecule has 2 heterocycles. The molecule has 0 aromatic rings.